The van der Waals surface area contributed by atoms with Gasteiger partial charge in [-0.05, 0) is 37.3 Å². The normalized spacial score (nSPS) is 15.0. The summed E-state index contributed by atoms with van der Waals surface area (Å²) in [5, 5.41) is 0. The monoisotopic (exact) mass is 250 g/mol. The lowest BCUT2D eigenvalue weighted by molar-refractivity contribution is 0.103. The molecule has 0 aromatic heterocycles. The van der Waals surface area contributed by atoms with Crippen LogP contribution in [-0.2, 0) is 0 Å². The third-order valence-corrected chi connectivity index (χ3v) is 4.03. The highest BCUT2D eigenvalue weighted by molar-refractivity contribution is 6.09. The molecule has 0 unspecified atom stereocenters. The van der Waals surface area contributed by atoms with Crippen LogP contribution in [-0.4, -0.2) is 5.78 Å². The molecule has 1 heteroatoms. The van der Waals surface area contributed by atoms with Crippen LogP contribution in [0.3, 0.4) is 0 Å². The highest BCUT2D eigenvalue weighted by Crippen LogP contribution is 2.36. The maximum atomic E-state index is 12.4. The lowest BCUT2D eigenvalue weighted by atomic mass is 9.80. The molecule has 0 atom stereocenters. The van der Waals surface area contributed by atoms with Crippen LogP contribution in [0.2, 0.25) is 0 Å². The lowest BCUT2D eigenvalue weighted by Gasteiger charge is -2.25. The summed E-state index contributed by atoms with van der Waals surface area (Å²) in [6, 6.07) is 16.0. The SMILES string of the molecule is Cc1cccc(C(=O)c2ccc(C3CCC3)cc2)c1. The van der Waals surface area contributed by atoms with E-state index in [9.17, 15) is 4.79 Å². The fourth-order valence-electron chi connectivity index (χ4n) is 2.60. The zero-order valence-corrected chi connectivity index (χ0v) is 11.2. The zero-order chi connectivity index (χ0) is 13.2. The highest BCUT2D eigenvalue weighted by atomic mass is 16.1. The third kappa shape index (κ3) is 2.46. The van der Waals surface area contributed by atoms with Gasteiger partial charge in [0.15, 0.2) is 5.78 Å². The summed E-state index contributed by atoms with van der Waals surface area (Å²) in [5.74, 6) is 0.840. The Kier molecular flexibility index (Phi) is 3.20. The minimum Gasteiger partial charge on any atom is -0.289 e. The van der Waals surface area contributed by atoms with Crippen molar-refractivity contribution in [3.8, 4) is 0 Å². The smallest absolute Gasteiger partial charge is 0.193 e. The molecular weight excluding hydrogens is 232 g/mol. The van der Waals surface area contributed by atoms with Gasteiger partial charge in [0.2, 0.25) is 0 Å². The molecule has 0 N–H and O–H groups in total. The van der Waals surface area contributed by atoms with Crippen LogP contribution in [0.1, 0.15) is 52.2 Å². The zero-order valence-electron chi connectivity index (χ0n) is 11.2. The van der Waals surface area contributed by atoms with Crippen molar-refractivity contribution in [2.75, 3.05) is 0 Å². The van der Waals surface area contributed by atoms with Gasteiger partial charge in [0.05, 0.1) is 0 Å². The Balaban J connectivity index is 1.83. The maximum Gasteiger partial charge on any atom is 0.193 e. The van der Waals surface area contributed by atoms with Gasteiger partial charge in [-0.1, -0.05) is 54.4 Å². The molecule has 1 aliphatic carbocycles. The number of ketones is 1. The van der Waals surface area contributed by atoms with Crippen LogP contribution in [0, 0.1) is 6.92 Å². The summed E-state index contributed by atoms with van der Waals surface area (Å²) in [7, 11) is 0. The standard InChI is InChI=1S/C18H18O/c1-13-4-2-7-17(12-13)18(19)16-10-8-15(9-11-16)14-5-3-6-14/h2,4,7-12,14H,3,5-6H2,1H3. The Bertz CT molecular complexity index is 591. The first-order valence-corrected chi connectivity index (χ1v) is 6.95. The van der Waals surface area contributed by atoms with Gasteiger partial charge in [0, 0.05) is 11.1 Å². The van der Waals surface area contributed by atoms with Crippen molar-refractivity contribution in [3.05, 3.63) is 70.8 Å². The number of carbonyl (C=O) groups excluding carboxylic acids is 1. The van der Waals surface area contributed by atoms with Gasteiger partial charge >= 0.3 is 0 Å². The quantitative estimate of drug-likeness (QED) is 0.733. The molecule has 0 spiro atoms. The Morgan fingerprint density at radius 3 is 2.32 bits per heavy atom. The van der Waals surface area contributed by atoms with Crippen LogP contribution in [0.4, 0.5) is 0 Å². The molecule has 96 valence electrons. The van der Waals surface area contributed by atoms with E-state index in [1.54, 1.807) is 0 Å². The van der Waals surface area contributed by atoms with E-state index in [2.05, 4.69) is 12.1 Å². The summed E-state index contributed by atoms with van der Waals surface area (Å²) in [4.78, 5) is 12.4. The van der Waals surface area contributed by atoms with Crippen molar-refractivity contribution in [1.29, 1.82) is 0 Å². The van der Waals surface area contributed by atoms with Crippen LogP contribution in [0.15, 0.2) is 48.5 Å². The lowest BCUT2D eigenvalue weighted by Crippen LogP contribution is -2.09. The van der Waals surface area contributed by atoms with Crippen LogP contribution in [0.5, 0.6) is 0 Å². The highest BCUT2D eigenvalue weighted by Gasteiger charge is 2.19. The average Bonchev–Trinajstić information content (AvgIpc) is 2.37. The molecule has 3 rings (SSSR count). The number of hydrogen-bond donors (Lipinski definition) is 0. The average molecular weight is 250 g/mol. The van der Waals surface area contributed by atoms with Gasteiger partial charge in [-0.15, -0.1) is 0 Å². The summed E-state index contributed by atoms with van der Waals surface area (Å²) >= 11 is 0. The molecule has 0 radical (unpaired) electrons. The molecule has 0 aliphatic heterocycles. The van der Waals surface area contributed by atoms with E-state index in [-0.39, 0.29) is 5.78 Å². The van der Waals surface area contributed by atoms with Crippen molar-refractivity contribution in [3.63, 3.8) is 0 Å². The summed E-state index contributed by atoms with van der Waals surface area (Å²) in [6.45, 7) is 2.01. The Morgan fingerprint density at radius 2 is 1.74 bits per heavy atom. The Morgan fingerprint density at radius 1 is 1.00 bits per heavy atom. The van der Waals surface area contributed by atoms with Crippen molar-refractivity contribution < 1.29 is 4.79 Å². The second kappa shape index (κ2) is 5.00. The second-order valence-corrected chi connectivity index (χ2v) is 5.45. The number of aryl methyl sites for hydroxylation is 1. The molecule has 2 aromatic carbocycles. The number of benzene rings is 2. The molecule has 1 aliphatic rings. The van der Waals surface area contributed by atoms with Gasteiger partial charge < -0.3 is 0 Å². The van der Waals surface area contributed by atoms with Crippen molar-refractivity contribution >= 4 is 5.78 Å². The Hall–Kier alpha value is -1.89. The van der Waals surface area contributed by atoms with Crippen molar-refractivity contribution in [2.24, 2.45) is 0 Å². The first-order valence-electron chi connectivity index (χ1n) is 6.95. The molecule has 0 bridgehead atoms. The van der Waals surface area contributed by atoms with Gasteiger partial charge in [0.1, 0.15) is 0 Å². The van der Waals surface area contributed by atoms with Crippen LogP contribution in [0.25, 0.3) is 0 Å². The van der Waals surface area contributed by atoms with Gasteiger partial charge in [-0.2, -0.15) is 0 Å². The van der Waals surface area contributed by atoms with Gasteiger partial charge in [-0.25, -0.2) is 0 Å². The molecule has 0 amide bonds. The van der Waals surface area contributed by atoms with E-state index >= 15 is 0 Å². The first kappa shape index (κ1) is 12.2. The first-order chi connectivity index (χ1) is 9.24. The molecule has 19 heavy (non-hydrogen) atoms. The van der Waals surface area contributed by atoms with Gasteiger partial charge in [0.25, 0.3) is 0 Å². The van der Waals surface area contributed by atoms with E-state index in [4.69, 9.17) is 0 Å². The van der Waals surface area contributed by atoms with E-state index in [0.29, 0.717) is 0 Å². The molecule has 0 saturated heterocycles. The Labute approximate surface area is 114 Å². The minimum absolute atomic E-state index is 0.115. The predicted octanol–water partition coefficient (Wildman–Crippen LogP) is 4.49. The molecule has 1 nitrogen and oxygen atoms in total. The number of carbonyl (C=O) groups is 1. The number of rotatable bonds is 3. The van der Waals surface area contributed by atoms with E-state index in [1.165, 1.54) is 24.8 Å². The topological polar surface area (TPSA) is 17.1 Å². The van der Waals surface area contributed by atoms with E-state index in [1.807, 2.05) is 43.3 Å². The molecule has 1 saturated carbocycles. The molecule has 0 heterocycles. The largest absolute Gasteiger partial charge is 0.289 e. The third-order valence-electron chi connectivity index (χ3n) is 4.03. The van der Waals surface area contributed by atoms with E-state index in [0.717, 1.165) is 22.6 Å². The number of hydrogen-bond acceptors (Lipinski definition) is 1. The van der Waals surface area contributed by atoms with Crippen LogP contribution < -0.4 is 0 Å². The summed E-state index contributed by atoms with van der Waals surface area (Å²) in [6.07, 6.45) is 3.94. The predicted molar refractivity (Wildman–Crippen MR) is 77.6 cm³/mol. The fourth-order valence-corrected chi connectivity index (χ4v) is 2.60. The fraction of sp³-hybridized carbons (Fsp3) is 0.278. The molecular formula is C18H18O. The van der Waals surface area contributed by atoms with E-state index < -0.39 is 0 Å². The summed E-state index contributed by atoms with van der Waals surface area (Å²) < 4.78 is 0. The summed E-state index contributed by atoms with van der Waals surface area (Å²) in [5.41, 5.74) is 4.06. The van der Waals surface area contributed by atoms with Gasteiger partial charge in [-0.3, -0.25) is 4.79 Å². The second-order valence-electron chi connectivity index (χ2n) is 5.45. The van der Waals surface area contributed by atoms with Crippen molar-refractivity contribution in [1.82, 2.24) is 0 Å². The van der Waals surface area contributed by atoms with Crippen molar-refractivity contribution in [2.45, 2.75) is 32.1 Å². The van der Waals surface area contributed by atoms with Crippen LogP contribution >= 0.6 is 0 Å². The molecule has 1 fully saturated rings. The minimum atomic E-state index is 0.115. The molecule has 2 aromatic rings. The maximum absolute atomic E-state index is 12.4.